The van der Waals surface area contributed by atoms with E-state index in [1.54, 1.807) is 12.1 Å². The van der Waals surface area contributed by atoms with Crippen molar-refractivity contribution in [2.45, 2.75) is 24.8 Å². The molecule has 110 valence electrons. The van der Waals surface area contributed by atoms with E-state index in [4.69, 9.17) is 23.1 Å². The van der Waals surface area contributed by atoms with Crippen LogP contribution in [0.25, 0.3) is 0 Å². The smallest absolute Gasteiger partial charge is 0.222 e. The Morgan fingerprint density at radius 3 is 2.67 bits per heavy atom. The SMILES string of the molecule is NCC(N)c1nc(Cl)nc2c1CCC2c1ccc(F)cc1. The number of nitrogens with two attached hydrogens (primary N) is 2. The van der Waals surface area contributed by atoms with Gasteiger partial charge in [0.15, 0.2) is 0 Å². The zero-order chi connectivity index (χ0) is 15.0. The molecule has 4 N–H and O–H groups in total. The standard InChI is InChI=1S/C15H16ClFN4/c16-15-20-13-10(8-1-3-9(17)4-2-8)5-6-11(13)14(21-15)12(19)7-18/h1-4,10,12H,5-7,18-19H2. The molecule has 1 aromatic heterocycles. The van der Waals surface area contributed by atoms with Crippen molar-refractivity contribution in [2.24, 2.45) is 11.5 Å². The number of aromatic nitrogens is 2. The molecule has 0 radical (unpaired) electrons. The lowest BCUT2D eigenvalue weighted by Crippen LogP contribution is -2.24. The highest BCUT2D eigenvalue weighted by Crippen LogP contribution is 2.39. The number of rotatable bonds is 3. The van der Waals surface area contributed by atoms with Crippen LogP contribution in [0.3, 0.4) is 0 Å². The van der Waals surface area contributed by atoms with Crippen LogP contribution in [0.2, 0.25) is 5.28 Å². The van der Waals surface area contributed by atoms with E-state index in [1.165, 1.54) is 12.1 Å². The van der Waals surface area contributed by atoms with Crippen LogP contribution in [0, 0.1) is 5.82 Å². The molecule has 2 aromatic rings. The van der Waals surface area contributed by atoms with Crippen LogP contribution in [0.4, 0.5) is 4.39 Å². The number of fused-ring (bicyclic) bond motifs is 1. The molecule has 1 aliphatic carbocycles. The summed E-state index contributed by atoms with van der Waals surface area (Å²) in [4.78, 5) is 8.62. The second-order valence-electron chi connectivity index (χ2n) is 5.23. The van der Waals surface area contributed by atoms with Crippen molar-refractivity contribution in [1.82, 2.24) is 9.97 Å². The summed E-state index contributed by atoms with van der Waals surface area (Å²) >= 11 is 6.03. The Morgan fingerprint density at radius 1 is 1.29 bits per heavy atom. The van der Waals surface area contributed by atoms with E-state index in [9.17, 15) is 4.39 Å². The Balaban J connectivity index is 2.06. The maximum atomic E-state index is 13.1. The first-order valence-corrected chi connectivity index (χ1v) is 7.25. The topological polar surface area (TPSA) is 77.8 Å². The third-order valence-electron chi connectivity index (χ3n) is 3.93. The van der Waals surface area contributed by atoms with Crippen LogP contribution in [0.15, 0.2) is 24.3 Å². The average molecular weight is 307 g/mol. The van der Waals surface area contributed by atoms with Gasteiger partial charge in [0, 0.05) is 12.5 Å². The highest BCUT2D eigenvalue weighted by Gasteiger charge is 2.30. The fraction of sp³-hybridized carbons (Fsp3) is 0.333. The van der Waals surface area contributed by atoms with Crippen molar-refractivity contribution < 1.29 is 4.39 Å². The lowest BCUT2D eigenvalue weighted by Gasteiger charge is -2.15. The molecule has 0 amide bonds. The lowest BCUT2D eigenvalue weighted by molar-refractivity contribution is 0.625. The molecule has 6 heteroatoms. The van der Waals surface area contributed by atoms with E-state index in [0.717, 1.165) is 35.4 Å². The maximum Gasteiger partial charge on any atom is 0.222 e. The molecular formula is C15H16ClFN4. The van der Waals surface area contributed by atoms with Gasteiger partial charge >= 0.3 is 0 Å². The van der Waals surface area contributed by atoms with Crippen LogP contribution < -0.4 is 11.5 Å². The molecule has 1 heterocycles. The van der Waals surface area contributed by atoms with Crippen LogP contribution in [-0.4, -0.2) is 16.5 Å². The van der Waals surface area contributed by atoms with E-state index >= 15 is 0 Å². The van der Waals surface area contributed by atoms with Crippen LogP contribution >= 0.6 is 11.6 Å². The molecule has 0 saturated carbocycles. The minimum absolute atomic E-state index is 0.102. The summed E-state index contributed by atoms with van der Waals surface area (Å²) in [6.45, 7) is 0.307. The summed E-state index contributed by atoms with van der Waals surface area (Å²) in [7, 11) is 0. The minimum Gasteiger partial charge on any atom is -0.329 e. The van der Waals surface area contributed by atoms with E-state index in [-0.39, 0.29) is 23.1 Å². The molecule has 3 rings (SSSR count). The van der Waals surface area contributed by atoms with Gasteiger partial charge in [0.2, 0.25) is 5.28 Å². The number of benzene rings is 1. The minimum atomic E-state index is -0.341. The number of halogens is 2. The number of nitrogens with zero attached hydrogens (tertiary/aromatic N) is 2. The van der Waals surface area contributed by atoms with Gasteiger partial charge in [-0.25, -0.2) is 14.4 Å². The molecule has 0 saturated heterocycles. The highest BCUT2D eigenvalue weighted by molar-refractivity contribution is 6.28. The Labute approximate surface area is 127 Å². The Bertz CT molecular complexity index is 659. The summed E-state index contributed by atoms with van der Waals surface area (Å²) in [5.74, 6) is -0.145. The van der Waals surface area contributed by atoms with Crippen molar-refractivity contribution in [1.29, 1.82) is 0 Å². The first-order chi connectivity index (χ1) is 10.1. The zero-order valence-corrected chi connectivity index (χ0v) is 12.1. The van der Waals surface area contributed by atoms with Crippen LogP contribution in [-0.2, 0) is 6.42 Å². The summed E-state index contributed by atoms with van der Waals surface area (Å²) in [5, 5.41) is 0.182. The number of hydrogen-bond donors (Lipinski definition) is 2. The van der Waals surface area contributed by atoms with Crippen LogP contribution in [0.5, 0.6) is 0 Å². The third kappa shape index (κ3) is 2.64. The van der Waals surface area contributed by atoms with Crippen molar-refractivity contribution in [3.63, 3.8) is 0 Å². The van der Waals surface area contributed by atoms with Gasteiger partial charge in [0.05, 0.1) is 17.4 Å². The summed E-state index contributed by atoms with van der Waals surface area (Å²) in [6.07, 6.45) is 1.72. The molecule has 4 nitrogen and oxygen atoms in total. The van der Waals surface area contributed by atoms with E-state index in [2.05, 4.69) is 9.97 Å². The van der Waals surface area contributed by atoms with Crippen molar-refractivity contribution in [3.05, 3.63) is 57.9 Å². The first kappa shape index (κ1) is 14.4. The van der Waals surface area contributed by atoms with Gasteiger partial charge in [-0.3, -0.25) is 0 Å². The molecule has 0 spiro atoms. The molecule has 1 aliphatic rings. The van der Waals surface area contributed by atoms with Gasteiger partial charge in [-0.2, -0.15) is 0 Å². The van der Waals surface area contributed by atoms with Crippen molar-refractivity contribution in [2.75, 3.05) is 6.54 Å². The Hall–Kier alpha value is -1.56. The quantitative estimate of drug-likeness (QED) is 0.853. The second kappa shape index (κ2) is 5.67. The third-order valence-corrected chi connectivity index (χ3v) is 4.10. The molecule has 2 atom stereocenters. The van der Waals surface area contributed by atoms with Crippen LogP contribution in [0.1, 0.15) is 40.9 Å². The van der Waals surface area contributed by atoms with Gasteiger partial charge in [0.25, 0.3) is 0 Å². The van der Waals surface area contributed by atoms with Gasteiger partial charge in [-0.1, -0.05) is 12.1 Å². The average Bonchev–Trinajstić information content (AvgIpc) is 2.90. The zero-order valence-electron chi connectivity index (χ0n) is 11.4. The van der Waals surface area contributed by atoms with Gasteiger partial charge < -0.3 is 11.5 Å². The van der Waals surface area contributed by atoms with Gasteiger partial charge in [-0.15, -0.1) is 0 Å². The molecule has 2 unspecified atom stereocenters. The maximum absolute atomic E-state index is 13.1. The second-order valence-corrected chi connectivity index (χ2v) is 5.56. The van der Waals surface area contributed by atoms with Gasteiger partial charge in [0.1, 0.15) is 5.82 Å². The summed E-state index contributed by atoms with van der Waals surface area (Å²) in [6, 6.07) is 6.15. The summed E-state index contributed by atoms with van der Waals surface area (Å²) < 4.78 is 13.1. The summed E-state index contributed by atoms with van der Waals surface area (Å²) in [5.41, 5.74) is 15.3. The van der Waals surface area contributed by atoms with E-state index < -0.39 is 0 Å². The van der Waals surface area contributed by atoms with E-state index in [1.807, 2.05) is 0 Å². The fourth-order valence-corrected chi connectivity index (χ4v) is 3.08. The molecule has 21 heavy (non-hydrogen) atoms. The van der Waals surface area contributed by atoms with E-state index in [0.29, 0.717) is 6.54 Å². The largest absolute Gasteiger partial charge is 0.329 e. The number of hydrogen-bond acceptors (Lipinski definition) is 4. The monoisotopic (exact) mass is 306 g/mol. The molecule has 0 bridgehead atoms. The Morgan fingerprint density at radius 2 is 2.00 bits per heavy atom. The fourth-order valence-electron chi connectivity index (χ4n) is 2.90. The highest BCUT2D eigenvalue weighted by atomic mass is 35.5. The molecule has 0 aliphatic heterocycles. The van der Waals surface area contributed by atoms with Crippen molar-refractivity contribution >= 4 is 11.6 Å². The van der Waals surface area contributed by atoms with Gasteiger partial charge in [-0.05, 0) is 47.7 Å². The predicted octanol–water partition coefficient (Wildman–Crippen LogP) is 2.31. The predicted molar refractivity (Wildman–Crippen MR) is 79.6 cm³/mol. The molecule has 0 fully saturated rings. The van der Waals surface area contributed by atoms with Crippen molar-refractivity contribution in [3.8, 4) is 0 Å². The molecular weight excluding hydrogens is 291 g/mol. The first-order valence-electron chi connectivity index (χ1n) is 6.87. The molecule has 1 aromatic carbocycles. The Kier molecular flexibility index (Phi) is 3.89. The lowest BCUT2D eigenvalue weighted by atomic mass is 9.96. The normalized spacial score (nSPS) is 18.6.